The predicted octanol–water partition coefficient (Wildman–Crippen LogP) is 1.84. The number of benzene rings is 2. The van der Waals surface area contributed by atoms with Crippen LogP contribution < -0.4 is 15.3 Å². The number of rotatable bonds is 4. The molecule has 1 saturated heterocycles. The quantitative estimate of drug-likeness (QED) is 0.784. The van der Waals surface area contributed by atoms with Crippen molar-refractivity contribution in [1.82, 2.24) is 0 Å². The summed E-state index contributed by atoms with van der Waals surface area (Å²) in [6.45, 7) is 0. The number of carbonyl (C=O) groups excluding carboxylic acids is 4. The van der Waals surface area contributed by atoms with E-state index in [2.05, 4.69) is 5.32 Å². The van der Waals surface area contributed by atoms with Crippen molar-refractivity contribution in [2.75, 3.05) is 10.2 Å². The fraction of sp³-hybridized carbons (Fsp3) is 0.304. The monoisotopic (exact) mass is 403 g/mol. The molecule has 2 bridgehead atoms. The van der Waals surface area contributed by atoms with E-state index in [4.69, 9.17) is 0 Å². The Kier molecular flexibility index (Phi) is 4.20. The number of hydrogen-bond donors (Lipinski definition) is 1. The molecule has 3 fully saturated rings. The highest BCUT2D eigenvalue weighted by atomic mass is 16.4. The van der Waals surface area contributed by atoms with E-state index in [-0.39, 0.29) is 34.8 Å². The van der Waals surface area contributed by atoms with Crippen LogP contribution in [-0.2, 0) is 9.59 Å². The number of imide groups is 1. The smallest absolute Gasteiger partial charge is 0.256 e. The zero-order valence-electron chi connectivity index (χ0n) is 16.0. The first-order valence-corrected chi connectivity index (χ1v) is 10.1. The summed E-state index contributed by atoms with van der Waals surface area (Å²) in [5, 5.41) is 13.8. The van der Waals surface area contributed by atoms with Gasteiger partial charge in [0, 0.05) is 16.8 Å². The van der Waals surface area contributed by atoms with Gasteiger partial charge in [-0.1, -0.05) is 18.2 Å². The van der Waals surface area contributed by atoms with Gasteiger partial charge < -0.3 is 15.2 Å². The second kappa shape index (κ2) is 6.79. The van der Waals surface area contributed by atoms with Crippen molar-refractivity contribution in [2.45, 2.75) is 19.3 Å². The van der Waals surface area contributed by atoms with E-state index in [1.807, 2.05) is 0 Å². The molecule has 7 nitrogen and oxygen atoms in total. The van der Waals surface area contributed by atoms with Crippen LogP contribution in [0.4, 0.5) is 11.4 Å². The highest BCUT2D eigenvalue weighted by molar-refractivity contribution is 6.22. The van der Waals surface area contributed by atoms with Crippen molar-refractivity contribution in [3.63, 3.8) is 0 Å². The van der Waals surface area contributed by atoms with Gasteiger partial charge in [-0.05, 0) is 61.4 Å². The Morgan fingerprint density at radius 2 is 1.43 bits per heavy atom. The van der Waals surface area contributed by atoms with Gasteiger partial charge in [-0.25, -0.2) is 0 Å². The van der Waals surface area contributed by atoms with Gasteiger partial charge in [0.15, 0.2) is 0 Å². The van der Waals surface area contributed by atoms with Crippen LogP contribution >= 0.6 is 0 Å². The second-order valence-corrected chi connectivity index (χ2v) is 8.23. The molecule has 5 rings (SSSR count). The maximum atomic E-state index is 12.9. The Balaban J connectivity index is 1.34. The summed E-state index contributed by atoms with van der Waals surface area (Å²) >= 11 is 0. The van der Waals surface area contributed by atoms with Crippen molar-refractivity contribution in [1.29, 1.82) is 0 Å². The molecule has 7 heteroatoms. The maximum absolute atomic E-state index is 12.9. The van der Waals surface area contributed by atoms with Crippen LogP contribution in [0, 0.1) is 23.7 Å². The number of fused-ring (bicyclic) bond motifs is 5. The fourth-order valence-corrected chi connectivity index (χ4v) is 5.41. The normalized spacial score (nSPS) is 26.7. The van der Waals surface area contributed by atoms with E-state index >= 15 is 0 Å². The summed E-state index contributed by atoms with van der Waals surface area (Å²) in [6.07, 6.45) is 3.03. The number of aromatic carboxylic acids is 1. The number of carboxylic acid groups (broad SMARTS) is 1. The average Bonchev–Trinajstić information content (AvgIpc) is 3.42. The number of carbonyl (C=O) groups is 4. The van der Waals surface area contributed by atoms with E-state index < -0.39 is 11.9 Å². The summed E-state index contributed by atoms with van der Waals surface area (Å²) in [5.74, 6) is -1.96. The van der Waals surface area contributed by atoms with E-state index in [0.29, 0.717) is 23.2 Å². The first kappa shape index (κ1) is 18.5. The van der Waals surface area contributed by atoms with Gasteiger partial charge in [0.1, 0.15) is 0 Å². The molecule has 3 amide bonds. The molecule has 2 aliphatic carbocycles. The van der Waals surface area contributed by atoms with Crippen LogP contribution in [0.2, 0.25) is 0 Å². The minimum absolute atomic E-state index is 0.00484. The molecular weight excluding hydrogens is 384 g/mol. The number of anilines is 2. The Morgan fingerprint density at radius 3 is 2.00 bits per heavy atom. The molecule has 1 aliphatic heterocycles. The van der Waals surface area contributed by atoms with Crippen molar-refractivity contribution in [3.05, 3.63) is 59.7 Å². The van der Waals surface area contributed by atoms with Crippen molar-refractivity contribution < 1.29 is 24.3 Å². The Labute approximate surface area is 172 Å². The number of amides is 3. The molecule has 0 radical (unpaired) electrons. The van der Waals surface area contributed by atoms with Gasteiger partial charge in [0.25, 0.3) is 5.91 Å². The second-order valence-electron chi connectivity index (χ2n) is 8.23. The van der Waals surface area contributed by atoms with Crippen LogP contribution in [0.25, 0.3) is 0 Å². The number of nitrogens with one attached hydrogen (secondary N) is 1. The van der Waals surface area contributed by atoms with Gasteiger partial charge in [-0.15, -0.1) is 0 Å². The fourth-order valence-electron chi connectivity index (χ4n) is 5.41. The molecule has 1 N–H and O–H groups in total. The molecular formula is C23H19N2O5-. The Morgan fingerprint density at radius 1 is 0.867 bits per heavy atom. The molecule has 152 valence electrons. The lowest BCUT2D eigenvalue weighted by atomic mass is 9.81. The summed E-state index contributed by atoms with van der Waals surface area (Å²) in [4.78, 5) is 50.8. The molecule has 0 unspecified atom stereocenters. The third-order valence-electron chi connectivity index (χ3n) is 6.70. The minimum Gasteiger partial charge on any atom is -0.545 e. The third kappa shape index (κ3) is 2.73. The summed E-state index contributed by atoms with van der Waals surface area (Å²) in [7, 11) is 0. The van der Waals surface area contributed by atoms with Crippen LogP contribution in [-0.4, -0.2) is 23.7 Å². The Bertz CT molecular complexity index is 1050. The maximum Gasteiger partial charge on any atom is 0.256 e. The molecule has 4 atom stereocenters. The zero-order valence-corrected chi connectivity index (χ0v) is 16.0. The van der Waals surface area contributed by atoms with E-state index in [1.165, 1.54) is 23.1 Å². The zero-order chi connectivity index (χ0) is 21.0. The van der Waals surface area contributed by atoms with Crippen molar-refractivity contribution in [2.24, 2.45) is 23.7 Å². The van der Waals surface area contributed by atoms with E-state index in [9.17, 15) is 24.3 Å². The lowest BCUT2D eigenvalue weighted by molar-refractivity contribution is -0.255. The standard InChI is InChI=1S/C23H20N2O5/c26-20(16-3-1-2-4-17(16)23(29)30)24-14-7-9-15(10-8-14)25-21(27)18-12-5-6-13(11-12)19(18)22(25)28/h1-4,7-10,12-13,18-19H,5-6,11H2,(H,24,26)(H,29,30)/p-1/t12-,13-,18-,19-/m0/s1. The molecule has 0 spiro atoms. The first-order valence-electron chi connectivity index (χ1n) is 10.1. The Hall–Kier alpha value is -3.48. The lowest BCUT2D eigenvalue weighted by Crippen LogP contribution is -2.32. The highest BCUT2D eigenvalue weighted by Gasteiger charge is 2.61. The van der Waals surface area contributed by atoms with Crippen LogP contribution in [0.3, 0.4) is 0 Å². The topological polar surface area (TPSA) is 107 Å². The molecule has 30 heavy (non-hydrogen) atoms. The van der Waals surface area contributed by atoms with Crippen molar-refractivity contribution in [3.8, 4) is 0 Å². The van der Waals surface area contributed by atoms with E-state index in [1.54, 1.807) is 30.3 Å². The SMILES string of the molecule is O=C([O-])c1ccccc1C(=O)Nc1ccc(N2C(=O)[C@H]3[C@H]4CC[C@@H](C4)[C@@H]3C2=O)cc1. The number of nitrogens with zero attached hydrogens (tertiary/aromatic N) is 1. The first-order chi connectivity index (χ1) is 14.5. The average molecular weight is 403 g/mol. The van der Waals surface area contributed by atoms with E-state index in [0.717, 1.165) is 19.3 Å². The molecule has 3 aliphatic rings. The lowest BCUT2D eigenvalue weighted by Gasteiger charge is -2.19. The molecule has 1 heterocycles. The summed E-state index contributed by atoms with van der Waals surface area (Å²) in [6, 6.07) is 12.2. The molecule has 2 aromatic carbocycles. The molecule has 2 aromatic rings. The number of hydrogen-bond acceptors (Lipinski definition) is 5. The van der Waals surface area contributed by atoms with Crippen molar-refractivity contribution >= 4 is 35.1 Å². The van der Waals surface area contributed by atoms with Crippen LogP contribution in [0.5, 0.6) is 0 Å². The summed E-state index contributed by atoms with van der Waals surface area (Å²) in [5.41, 5.74) is 0.721. The van der Waals surface area contributed by atoms with Gasteiger partial charge in [0.2, 0.25) is 11.8 Å². The predicted molar refractivity (Wildman–Crippen MR) is 105 cm³/mol. The molecule has 0 aromatic heterocycles. The third-order valence-corrected chi connectivity index (χ3v) is 6.70. The van der Waals surface area contributed by atoms with Crippen LogP contribution in [0.1, 0.15) is 40.0 Å². The molecule has 2 saturated carbocycles. The van der Waals surface area contributed by atoms with Gasteiger partial charge in [-0.3, -0.25) is 19.3 Å². The van der Waals surface area contributed by atoms with Crippen LogP contribution in [0.15, 0.2) is 48.5 Å². The highest BCUT2D eigenvalue weighted by Crippen LogP contribution is 2.56. The van der Waals surface area contributed by atoms with Gasteiger partial charge in [0.05, 0.1) is 23.5 Å². The number of carboxylic acids is 1. The van der Waals surface area contributed by atoms with Gasteiger partial charge in [-0.2, -0.15) is 0 Å². The summed E-state index contributed by atoms with van der Waals surface area (Å²) < 4.78 is 0. The van der Waals surface area contributed by atoms with Gasteiger partial charge >= 0.3 is 0 Å². The minimum atomic E-state index is -1.43. The largest absolute Gasteiger partial charge is 0.545 e.